The molecule has 0 heterocycles. The zero-order chi connectivity index (χ0) is 21.4. The fourth-order valence-corrected chi connectivity index (χ4v) is 7.84. The summed E-state index contributed by atoms with van der Waals surface area (Å²) in [4.78, 5) is 11.1. The van der Waals surface area contributed by atoms with Gasteiger partial charge in [0.1, 0.15) is 0 Å². The van der Waals surface area contributed by atoms with E-state index in [1.165, 1.54) is 7.11 Å². The minimum atomic E-state index is -0.352. The van der Waals surface area contributed by atoms with E-state index in [9.17, 15) is 4.79 Å². The zero-order valence-corrected chi connectivity index (χ0v) is 20.4. The van der Waals surface area contributed by atoms with Crippen LogP contribution in [0.2, 0.25) is 0 Å². The molecule has 0 radical (unpaired) electrons. The molecular weight excluding hydrogens is 344 g/mol. The van der Waals surface area contributed by atoms with E-state index in [1.807, 2.05) is 27.7 Å². The van der Waals surface area contributed by atoms with Gasteiger partial charge in [0.15, 0.2) is 0 Å². The molecule has 4 bridgehead atoms. The normalized spacial score (nSPS) is 44.3. The van der Waals surface area contributed by atoms with Gasteiger partial charge in [0.2, 0.25) is 0 Å². The third-order valence-corrected chi connectivity index (χ3v) is 11.3. The summed E-state index contributed by atoms with van der Waals surface area (Å²) in [5.41, 5.74) is 0.799. The topological polar surface area (TPSA) is 26.3 Å². The highest BCUT2D eigenvalue weighted by Crippen LogP contribution is 2.78. The SMILES string of the molecule is CC1C(C)C2CC1C1C2C2CC1C(C)(C)C2(C)C.COC(=O)C(C)(C)C(C)C. The van der Waals surface area contributed by atoms with Gasteiger partial charge in [-0.05, 0) is 90.8 Å². The molecule has 4 aliphatic carbocycles. The summed E-state index contributed by atoms with van der Waals surface area (Å²) in [7, 11) is 1.42. The Morgan fingerprint density at radius 2 is 1.29 bits per heavy atom. The summed E-state index contributed by atoms with van der Waals surface area (Å²) in [6.07, 6.45) is 3.14. The summed E-state index contributed by atoms with van der Waals surface area (Å²) in [5.74, 6) is 8.65. The van der Waals surface area contributed by atoms with E-state index >= 15 is 0 Å². The molecule has 0 aromatic rings. The minimum absolute atomic E-state index is 0.137. The van der Waals surface area contributed by atoms with Gasteiger partial charge >= 0.3 is 5.97 Å². The fourth-order valence-electron chi connectivity index (χ4n) is 7.84. The highest BCUT2D eigenvalue weighted by Gasteiger charge is 2.72. The van der Waals surface area contributed by atoms with Crippen LogP contribution in [0.3, 0.4) is 0 Å². The van der Waals surface area contributed by atoms with Crippen molar-refractivity contribution in [3.8, 4) is 0 Å². The Bertz CT molecular complexity index is 578. The van der Waals surface area contributed by atoms with Crippen molar-refractivity contribution in [2.24, 2.45) is 69.5 Å². The van der Waals surface area contributed by atoms with Gasteiger partial charge in [-0.25, -0.2) is 0 Å². The van der Waals surface area contributed by atoms with Crippen molar-refractivity contribution in [1.82, 2.24) is 0 Å². The molecule has 28 heavy (non-hydrogen) atoms. The average Bonchev–Trinajstić information content (AvgIpc) is 3.28. The maximum absolute atomic E-state index is 11.1. The van der Waals surface area contributed by atoms with Crippen molar-refractivity contribution in [3.63, 3.8) is 0 Å². The standard InChI is InChI=1S/C18H30.C8H16O2/c1-9-10(2)12-7-11(9)15-13-8-14(16(12)15)18(5,6)17(13,3)4;1-6(2)8(3,4)7(9)10-5/h9-16H,7-8H2,1-6H3;6H,1-5H3. The number of hydrogen-bond donors (Lipinski definition) is 0. The van der Waals surface area contributed by atoms with E-state index in [0.29, 0.717) is 16.7 Å². The monoisotopic (exact) mass is 390 g/mol. The van der Waals surface area contributed by atoms with Gasteiger partial charge in [0, 0.05) is 0 Å². The average molecular weight is 391 g/mol. The first-order valence-corrected chi connectivity index (χ1v) is 11.8. The predicted molar refractivity (Wildman–Crippen MR) is 117 cm³/mol. The number of hydrogen-bond acceptors (Lipinski definition) is 2. The van der Waals surface area contributed by atoms with Crippen LogP contribution < -0.4 is 0 Å². The Balaban J connectivity index is 0.000000195. The van der Waals surface area contributed by atoms with Crippen LogP contribution >= 0.6 is 0 Å². The summed E-state index contributed by atoms with van der Waals surface area (Å²) in [6.45, 7) is 23.2. The van der Waals surface area contributed by atoms with Gasteiger partial charge < -0.3 is 4.74 Å². The first kappa shape index (κ1) is 22.2. The van der Waals surface area contributed by atoms with Gasteiger partial charge in [0.25, 0.3) is 0 Å². The van der Waals surface area contributed by atoms with Crippen molar-refractivity contribution >= 4 is 5.97 Å². The molecule has 4 rings (SSSR count). The van der Waals surface area contributed by atoms with Crippen molar-refractivity contribution in [2.45, 2.75) is 82.1 Å². The lowest BCUT2D eigenvalue weighted by Gasteiger charge is -2.55. The summed E-state index contributed by atoms with van der Waals surface area (Å²) < 4.78 is 4.64. The maximum Gasteiger partial charge on any atom is 0.311 e. The van der Waals surface area contributed by atoms with Gasteiger partial charge in [-0.3, -0.25) is 4.79 Å². The molecule has 0 spiro atoms. The predicted octanol–water partition coefficient (Wildman–Crippen LogP) is 6.68. The van der Waals surface area contributed by atoms with E-state index in [2.05, 4.69) is 46.3 Å². The highest BCUT2D eigenvalue weighted by molar-refractivity contribution is 5.75. The van der Waals surface area contributed by atoms with E-state index in [4.69, 9.17) is 0 Å². The molecule has 0 aliphatic heterocycles. The molecule has 0 N–H and O–H groups in total. The van der Waals surface area contributed by atoms with Crippen LogP contribution in [0.4, 0.5) is 0 Å². The molecule has 2 nitrogen and oxygen atoms in total. The molecule has 4 fully saturated rings. The van der Waals surface area contributed by atoms with E-state index in [0.717, 1.165) is 47.3 Å². The zero-order valence-electron chi connectivity index (χ0n) is 20.4. The second kappa shape index (κ2) is 6.74. The molecule has 8 unspecified atom stereocenters. The van der Waals surface area contributed by atoms with Crippen LogP contribution in [0, 0.1) is 69.5 Å². The summed E-state index contributed by atoms with van der Waals surface area (Å²) in [5, 5.41) is 0. The Labute approximate surface area is 174 Å². The molecule has 0 saturated heterocycles. The second-order valence-corrected chi connectivity index (χ2v) is 12.7. The quantitative estimate of drug-likeness (QED) is 0.388. The Hall–Kier alpha value is -0.530. The van der Waals surface area contributed by atoms with Crippen LogP contribution in [-0.4, -0.2) is 13.1 Å². The maximum atomic E-state index is 11.1. The van der Waals surface area contributed by atoms with E-state index in [-0.39, 0.29) is 11.4 Å². The number of methoxy groups -OCH3 is 1. The number of ether oxygens (including phenoxy) is 1. The number of carbonyl (C=O) groups excluding carboxylic acids is 1. The van der Waals surface area contributed by atoms with E-state index < -0.39 is 0 Å². The van der Waals surface area contributed by atoms with Crippen molar-refractivity contribution in [3.05, 3.63) is 0 Å². The number of fused-ring (bicyclic) bond motifs is 9. The first-order valence-electron chi connectivity index (χ1n) is 11.8. The molecular formula is C26H46O2. The molecule has 0 aromatic heterocycles. The lowest BCUT2D eigenvalue weighted by Crippen LogP contribution is -2.50. The van der Waals surface area contributed by atoms with Crippen molar-refractivity contribution < 1.29 is 9.53 Å². The lowest BCUT2D eigenvalue weighted by atomic mass is 9.50. The smallest absolute Gasteiger partial charge is 0.311 e. The molecule has 2 heteroatoms. The third-order valence-electron chi connectivity index (χ3n) is 11.3. The highest BCUT2D eigenvalue weighted by atomic mass is 16.5. The van der Waals surface area contributed by atoms with Crippen LogP contribution in [0.15, 0.2) is 0 Å². The van der Waals surface area contributed by atoms with E-state index in [1.54, 1.807) is 12.8 Å². The lowest BCUT2D eigenvalue weighted by molar-refractivity contribution is -0.153. The van der Waals surface area contributed by atoms with Gasteiger partial charge in [-0.1, -0.05) is 55.4 Å². The minimum Gasteiger partial charge on any atom is -0.469 e. The Kier molecular flexibility index (Phi) is 5.34. The van der Waals surface area contributed by atoms with Crippen LogP contribution in [-0.2, 0) is 9.53 Å². The van der Waals surface area contributed by atoms with Gasteiger partial charge in [0.05, 0.1) is 12.5 Å². The first-order chi connectivity index (χ1) is 12.7. The molecule has 162 valence electrons. The third kappa shape index (κ3) is 2.75. The van der Waals surface area contributed by atoms with Crippen molar-refractivity contribution in [2.75, 3.05) is 7.11 Å². The molecule has 4 saturated carbocycles. The summed E-state index contributed by atoms with van der Waals surface area (Å²) in [6, 6.07) is 0. The van der Waals surface area contributed by atoms with Gasteiger partial charge in [-0.2, -0.15) is 0 Å². The van der Waals surface area contributed by atoms with Crippen LogP contribution in [0.1, 0.15) is 82.1 Å². The molecule has 8 atom stereocenters. The second-order valence-electron chi connectivity index (χ2n) is 12.7. The fraction of sp³-hybridized carbons (Fsp3) is 0.962. The number of esters is 1. The molecule has 4 aliphatic rings. The number of rotatable bonds is 2. The Morgan fingerprint density at radius 1 is 0.893 bits per heavy atom. The number of carbonyl (C=O) groups is 1. The summed E-state index contributed by atoms with van der Waals surface area (Å²) >= 11 is 0. The molecule has 0 aromatic carbocycles. The Morgan fingerprint density at radius 3 is 1.57 bits per heavy atom. The molecule has 0 amide bonds. The van der Waals surface area contributed by atoms with Crippen LogP contribution in [0.25, 0.3) is 0 Å². The van der Waals surface area contributed by atoms with Crippen LogP contribution in [0.5, 0.6) is 0 Å². The van der Waals surface area contributed by atoms with Crippen molar-refractivity contribution in [1.29, 1.82) is 0 Å². The largest absolute Gasteiger partial charge is 0.469 e. The van der Waals surface area contributed by atoms with Gasteiger partial charge in [-0.15, -0.1) is 0 Å².